The van der Waals surface area contributed by atoms with Gasteiger partial charge in [0.05, 0.1) is 16.6 Å². The second-order valence-electron chi connectivity index (χ2n) is 5.94. The Labute approximate surface area is 148 Å². The molecule has 0 aliphatic carbocycles. The minimum atomic E-state index is -0.277. The second-order valence-corrected chi connectivity index (χ2v) is 6.30. The van der Waals surface area contributed by atoms with Gasteiger partial charge in [-0.1, -0.05) is 35.9 Å². The van der Waals surface area contributed by atoms with Gasteiger partial charge in [-0.15, -0.1) is 0 Å². The Kier molecular flexibility index (Phi) is 3.67. The molecule has 0 saturated carbocycles. The third-order valence-electron chi connectivity index (χ3n) is 4.46. The molecule has 0 amide bonds. The van der Waals surface area contributed by atoms with Crippen LogP contribution in [-0.4, -0.2) is 9.38 Å². The second kappa shape index (κ2) is 5.87. The maximum Gasteiger partial charge on any atom is 0.157 e. The summed E-state index contributed by atoms with van der Waals surface area (Å²) in [6, 6.07) is 16.2. The van der Waals surface area contributed by atoms with Crippen LogP contribution >= 0.6 is 11.6 Å². The molecule has 0 radical (unpaired) electrons. The average Bonchev–Trinajstić information content (AvgIpc) is 3.00. The fourth-order valence-corrected chi connectivity index (χ4v) is 3.53. The number of halogens is 2. The lowest BCUT2D eigenvalue weighted by atomic mass is 9.99. The van der Waals surface area contributed by atoms with Crippen molar-refractivity contribution < 1.29 is 4.39 Å². The topological polar surface area (TPSA) is 41.1 Å². The lowest BCUT2D eigenvalue weighted by Gasteiger charge is -2.13. The molecule has 0 saturated heterocycles. The molecule has 4 rings (SSSR count). The molecule has 2 aromatic heterocycles. The molecule has 122 valence electrons. The summed E-state index contributed by atoms with van der Waals surface area (Å²) in [4.78, 5) is 4.57. The van der Waals surface area contributed by atoms with Gasteiger partial charge >= 0.3 is 0 Å². The molecular weight excluding hydrogens is 337 g/mol. The summed E-state index contributed by atoms with van der Waals surface area (Å²) in [5.74, 6) is -0.277. The van der Waals surface area contributed by atoms with Crippen LogP contribution in [0.5, 0.6) is 0 Å². The quantitative estimate of drug-likeness (QED) is 0.475. The molecular formula is C20H13ClFN3. The van der Waals surface area contributed by atoms with E-state index in [0.29, 0.717) is 22.8 Å². The lowest BCUT2D eigenvalue weighted by molar-refractivity contribution is 0.627. The first-order chi connectivity index (χ1) is 12.1. The summed E-state index contributed by atoms with van der Waals surface area (Å²) < 4.78 is 15.0. The van der Waals surface area contributed by atoms with E-state index in [2.05, 4.69) is 11.1 Å². The van der Waals surface area contributed by atoms with Gasteiger partial charge in [-0.25, -0.2) is 9.37 Å². The van der Waals surface area contributed by atoms with Gasteiger partial charge in [0, 0.05) is 6.42 Å². The number of benzene rings is 2. The van der Waals surface area contributed by atoms with Gasteiger partial charge in [0.2, 0.25) is 0 Å². The standard InChI is InChI=1S/C20H13ClFN3/c1-12-15(10-13-6-8-14(22)9-7-13)19(21)25-18-5-3-2-4-17(18)24-20(25)16(12)11-23/h2-9H,10H2,1H3. The Morgan fingerprint density at radius 2 is 1.88 bits per heavy atom. The fraction of sp³-hybridized carbons (Fsp3) is 0.100. The van der Waals surface area contributed by atoms with Crippen LogP contribution in [0.3, 0.4) is 0 Å². The van der Waals surface area contributed by atoms with E-state index in [1.165, 1.54) is 12.1 Å². The predicted molar refractivity (Wildman–Crippen MR) is 96.4 cm³/mol. The van der Waals surface area contributed by atoms with Crippen molar-refractivity contribution >= 4 is 28.3 Å². The Hall–Kier alpha value is -2.90. The van der Waals surface area contributed by atoms with E-state index < -0.39 is 0 Å². The maximum atomic E-state index is 13.2. The Balaban J connectivity index is 2.02. The predicted octanol–water partition coefficient (Wildman–Crippen LogP) is 5.05. The number of aromatic nitrogens is 2. The number of imidazole rings is 1. The molecule has 0 spiro atoms. The molecule has 0 fully saturated rings. The first-order valence-electron chi connectivity index (χ1n) is 7.83. The molecule has 3 nitrogen and oxygen atoms in total. The number of hydrogen-bond acceptors (Lipinski definition) is 2. The van der Waals surface area contributed by atoms with E-state index in [-0.39, 0.29) is 5.82 Å². The molecule has 0 unspecified atom stereocenters. The summed E-state index contributed by atoms with van der Waals surface area (Å²) in [5.41, 5.74) is 5.31. The highest BCUT2D eigenvalue weighted by molar-refractivity contribution is 6.31. The zero-order valence-corrected chi connectivity index (χ0v) is 14.2. The SMILES string of the molecule is Cc1c(Cc2ccc(F)cc2)c(Cl)n2c(nc3ccccc32)c1C#N. The number of para-hydroxylation sites is 2. The van der Waals surface area contributed by atoms with Gasteiger partial charge in [-0.05, 0) is 47.9 Å². The number of nitrogens with zero attached hydrogens (tertiary/aromatic N) is 3. The molecule has 5 heteroatoms. The van der Waals surface area contributed by atoms with Crippen LogP contribution in [0, 0.1) is 24.1 Å². The molecule has 2 aromatic carbocycles. The summed E-state index contributed by atoms with van der Waals surface area (Å²) in [6.07, 6.45) is 0.516. The van der Waals surface area contributed by atoms with Gasteiger partial charge in [-0.3, -0.25) is 4.40 Å². The normalized spacial score (nSPS) is 11.1. The van der Waals surface area contributed by atoms with Gasteiger partial charge in [-0.2, -0.15) is 5.26 Å². The minimum absolute atomic E-state index is 0.277. The highest BCUT2D eigenvalue weighted by Crippen LogP contribution is 2.32. The van der Waals surface area contributed by atoms with Gasteiger partial charge in [0.25, 0.3) is 0 Å². The minimum Gasteiger partial charge on any atom is -0.281 e. The van der Waals surface area contributed by atoms with E-state index in [9.17, 15) is 9.65 Å². The molecule has 2 heterocycles. The van der Waals surface area contributed by atoms with Crippen LogP contribution in [0.25, 0.3) is 16.7 Å². The number of nitriles is 1. The van der Waals surface area contributed by atoms with Crippen LogP contribution in [0.2, 0.25) is 5.15 Å². The smallest absolute Gasteiger partial charge is 0.157 e. The largest absolute Gasteiger partial charge is 0.281 e. The van der Waals surface area contributed by atoms with Crippen molar-refractivity contribution in [3.63, 3.8) is 0 Å². The average molecular weight is 350 g/mol. The third kappa shape index (κ3) is 2.45. The van der Waals surface area contributed by atoms with E-state index in [4.69, 9.17) is 11.6 Å². The number of rotatable bonds is 2. The van der Waals surface area contributed by atoms with Crippen molar-refractivity contribution in [3.8, 4) is 6.07 Å². The summed E-state index contributed by atoms with van der Waals surface area (Å²) >= 11 is 6.72. The zero-order chi connectivity index (χ0) is 17.6. The Morgan fingerprint density at radius 3 is 2.60 bits per heavy atom. The maximum absolute atomic E-state index is 13.2. The number of hydrogen-bond donors (Lipinski definition) is 0. The van der Waals surface area contributed by atoms with Crippen LogP contribution < -0.4 is 0 Å². The number of pyridine rings is 1. The van der Waals surface area contributed by atoms with Gasteiger partial charge in [0.1, 0.15) is 17.0 Å². The molecule has 0 N–H and O–H groups in total. The van der Waals surface area contributed by atoms with Crippen LogP contribution in [0.1, 0.15) is 22.3 Å². The lowest BCUT2D eigenvalue weighted by Crippen LogP contribution is -2.03. The summed E-state index contributed by atoms with van der Waals surface area (Å²) in [5, 5.41) is 10.2. The van der Waals surface area contributed by atoms with Gasteiger partial charge in [0.15, 0.2) is 5.65 Å². The van der Waals surface area contributed by atoms with Crippen LogP contribution in [0.4, 0.5) is 4.39 Å². The summed E-state index contributed by atoms with van der Waals surface area (Å²) in [6.45, 7) is 1.88. The molecule has 0 aliphatic rings. The molecule has 25 heavy (non-hydrogen) atoms. The Bertz CT molecular complexity index is 1150. The summed E-state index contributed by atoms with van der Waals surface area (Å²) in [7, 11) is 0. The van der Waals surface area contributed by atoms with Crippen LogP contribution in [0.15, 0.2) is 48.5 Å². The van der Waals surface area contributed by atoms with Crippen molar-refractivity contribution in [1.82, 2.24) is 9.38 Å². The van der Waals surface area contributed by atoms with Crippen molar-refractivity contribution in [2.75, 3.05) is 0 Å². The van der Waals surface area contributed by atoms with Crippen molar-refractivity contribution in [3.05, 3.63) is 81.8 Å². The first-order valence-corrected chi connectivity index (χ1v) is 8.20. The molecule has 0 bridgehead atoms. The van der Waals surface area contributed by atoms with Crippen molar-refractivity contribution in [2.45, 2.75) is 13.3 Å². The van der Waals surface area contributed by atoms with E-state index >= 15 is 0 Å². The monoisotopic (exact) mass is 349 g/mol. The van der Waals surface area contributed by atoms with E-state index in [1.807, 2.05) is 35.6 Å². The van der Waals surface area contributed by atoms with Crippen molar-refractivity contribution in [2.24, 2.45) is 0 Å². The van der Waals surface area contributed by atoms with E-state index in [0.717, 1.165) is 27.7 Å². The highest BCUT2D eigenvalue weighted by Gasteiger charge is 2.19. The zero-order valence-electron chi connectivity index (χ0n) is 13.4. The number of fused-ring (bicyclic) bond motifs is 3. The highest BCUT2D eigenvalue weighted by atomic mass is 35.5. The molecule has 4 aromatic rings. The van der Waals surface area contributed by atoms with Crippen molar-refractivity contribution in [1.29, 1.82) is 5.26 Å². The first kappa shape index (κ1) is 15.6. The molecule has 0 aliphatic heterocycles. The third-order valence-corrected chi connectivity index (χ3v) is 4.86. The molecule has 0 atom stereocenters. The van der Waals surface area contributed by atoms with Crippen LogP contribution in [-0.2, 0) is 6.42 Å². The fourth-order valence-electron chi connectivity index (χ4n) is 3.15. The Morgan fingerprint density at radius 1 is 1.16 bits per heavy atom. The van der Waals surface area contributed by atoms with Gasteiger partial charge < -0.3 is 0 Å². The van der Waals surface area contributed by atoms with E-state index in [1.54, 1.807) is 12.1 Å².